The zero-order valence-corrected chi connectivity index (χ0v) is 14.0. The first kappa shape index (κ1) is 18.0. The lowest BCUT2D eigenvalue weighted by Crippen LogP contribution is -2.48. The molecule has 1 atom stereocenters. The van der Waals surface area contributed by atoms with E-state index < -0.39 is 11.4 Å². The Hall–Kier alpha value is -1.10. The summed E-state index contributed by atoms with van der Waals surface area (Å²) < 4.78 is 0. The molecular formula is C16H30N2O3. The quantitative estimate of drug-likeness (QED) is 0.788. The number of nitrogens with zero attached hydrogens (tertiary/aromatic N) is 1. The highest BCUT2D eigenvalue weighted by molar-refractivity contribution is 5.85. The average molecular weight is 298 g/mol. The van der Waals surface area contributed by atoms with E-state index in [-0.39, 0.29) is 24.3 Å². The van der Waals surface area contributed by atoms with Crippen LogP contribution in [-0.2, 0) is 9.59 Å². The van der Waals surface area contributed by atoms with Crippen molar-refractivity contribution >= 4 is 11.9 Å². The predicted molar refractivity (Wildman–Crippen MR) is 83.1 cm³/mol. The Morgan fingerprint density at radius 1 is 1.24 bits per heavy atom. The molecule has 122 valence electrons. The van der Waals surface area contributed by atoms with Gasteiger partial charge in [0.05, 0.1) is 5.41 Å². The summed E-state index contributed by atoms with van der Waals surface area (Å²) in [5.74, 6) is -1.12. The Labute approximate surface area is 128 Å². The van der Waals surface area contributed by atoms with Crippen LogP contribution in [0.5, 0.6) is 0 Å². The van der Waals surface area contributed by atoms with Crippen LogP contribution in [0.2, 0.25) is 0 Å². The number of amides is 1. The summed E-state index contributed by atoms with van der Waals surface area (Å²) in [6.07, 6.45) is 1.93. The fraction of sp³-hybridized carbons (Fsp3) is 0.875. The second kappa shape index (κ2) is 7.25. The lowest BCUT2D eigenvalue weighted by Gasteiger charge is -2.35. The van der Waals surface area contributed by atoms with Gasteiger partial charge in [-0.2, -0.15) is 0 Å². The van der Waals surface area contributed by atoms with Gasteiger partial charge in [0.15, 0.2) is 0 Å². The summed E-state index contributed by atoms with van der Waals surface area (Å²) in [5, 5.41) is 12.4. The number of carboxylic acid groups (broad SMARTS) is 1. The number of likely N-dealkylation sites (tertiary alicyclic amines) is 1. The van der Waals surface area contributed by atoms with E-state index >= 15 is 0 Å². The number of hydrogen-bond acceptors (Lipinski definition) is 3. The summed E-state index contributed by atoms with van der Waals surface area (Å²) in [5.41, 5.74) is -0.997. The van der Waals surface area contributed by atoms with Crippen molar-refractivity contribution in [2.24, 2.45) is 11.3 Å². The zero-order chi connectivity index (χ0) is 16.2. The molecule has 1 fully saturated rings. The molecule has 0 aromatic carbocycles. The van der Waals surface area contributed by atoms with Crippen LogP contribution in [0.3, 0.4) is 0 Å². The third kappa shape index (κ3) is 4.70. The Bertz CT molecular complexity index is 374. The zero-order valence-electron chi connectivity index (χ0n) is 14.0. The number of carbonyl (C=O) groups is 2. The van der Waals surface area contributed by atoms with Crippen LogP contribution in [-0.4, -0.2) is 47.1 Å². The largest absolute Gasteiger partial charge is 0.481 e. The van der Waals surface area contributed by atoms with Gasteiger partial charge in [0.25, 0.3) is 0 Å². The monoisotopic (exact) mass is 298 g/mol. The predicted octanol–water partition coefficient (Wildman–Crippen LogP) is 2.11. The highest BCUT2D eigenvalue weighted by atomic mass is 16.4. The maximum absolute atomic E-state index is 12.2. The van der Waals surface area contributed by atoms with Crippen LogP contribution in [0.25, 0.3) is 0 Å². The smallest absolute Gasteiger partial charge is 0.310 e. The number of carbonyl (C=O) groups excluding carboxylic acids is 1. The van der Waals surface area contributed by atoms with Gasteiger partial charge in [0, 0.05) is 31.6 Å². The van der Waals surface area contributed by atoms with E-state index in [4.69, 9.17) is 0 Å². The lowest BCUT2D eigenvalue weighted by molar-refractivity contribution is -0.153. The Morgan fingerprint density at radius 3 is 2.14 bits per heavy atom. The van der Waals surface area contributed by atoms with Gasteiger partial charge < -0.3 is 15.3 Å². The molecule has 5 heteroatoms. The summed E-state index contributed by atoms with van der Waals surface area (Å²) in [4.78, 5) is 26.0. The molecule has 0 radical (unpaired) electrons. The fourth-order valence-electron chi connectivity index (χ4n) is 2.70. The van der Waals surface area contributed by atoms with E-state index in [0.29, 0.717) is 6.04 Å². The van der Waals surface area contributed by atoms with Crippen LogP contribution in [0.1, 0.15) is 53.9 Å². The molecule has 1 heterocycles. The molecule has 0 saturated carbocycles. The first-order valence-corrected chi connectivity index (χ1v) is 7.93. The molecule has 1 rings (SSSR count). The Balaban J connectivity index is 2.49. The van der Waals surface area contributed by atoms with Crippen LogP contribution >= 0.6 is 0 Å². The summed E-state index contributed by atoms with van der Waals surface area (Å²) in [6, 6.07) is 0.718. The average Bonchev–Trinajstić information content (AvgIpc) is 2.38. The topological polar surface area (TPSA) is 69.6 Å². The van der Waals surface area contributed by atoms with Crippen molar-refractivity contribution < 1.29 is 14.7 Å². The molecule has 0 aliphatic carbocycles. The number of aliphatic carboxylic acids is 1. The molecule has 0 aromatic heterocycles. The number of hydrogen-bond donors (Lipinski definition) is 2. The first-order chi connectivity index (χ1) is 9.66. The maximum atomic E-state index is 12.2. The number of carboxylic acids is 1. The first-order valence-electron chi connectivity index (χ1n) is 7.93. The second-order valence-electron chi connectivity index (χ2n) is 7.03. The molecule has 21 heavy (non-hydrogen) atoms. The molecule has 0 aromatic rings. The summed E-state index contributed by atoms with van der Waals surface area (Å²) in [7, 11) is 0. The van der Waals surface area contributed by atoms with Crippen LogP contribution in [0.4, 0.5) is 0 Å². The highest BCUT2D eigenvalue weighted by Gasteiger charge is 2.39. The van der Waals surface area contributed by atoms with Crippen molar-refractivity contribution in [3.8, 4) is 0 Å². The molecule has 0 bridgehead atoms. The van der Waals surface area contributed by atoms with Crippen molar-refractivity contribution in [1.29, 1.82) is 0 Å². The second-order valence-corrected chi connectivity index (χ2v) is 7.03. The van der Waals surface area contributed by atoms with Crippen molar-refractivity contribution in [3.05, 3.63) is 0 Å². The third-order valence-corrected chi connectivity index (χ3v) is 4.92. The molecular weight excluding hydrogens is 268 g/mol. The van der Waals surface area contributed by atoms with Gasteiger partial charge in [-0.05, 0) is 39.5 Å². The molecule has 0 spiro atoms. The van der Waals surface area contributed by atoms with Crippen molar-refractivity contribution in [3.63, 3.8) is 0 Å². The van der Waals surface area contributed by atoms with Crippen LogP contribution in [0, 0.1) is 11.3 Å². The fourth-order valence-corrected chi connectivity index (χ4v) is 2.70. The minimum absolute atomic E-state index is 0.0460. The van der Waals surface area contributed by atoms with E-state index in [2.05, 4.69) is 24.1 Å². The molecule has 1 aliphatic heterocycles. The third-order valence-electron chi connectivity index (χ3n) is 4.92. The van der Waals surface area contributed by atoms with Gasteiger partial charge in [-0.1, -0.05) is 13.8 Å². The van der Waals surface area contributed by atoms with Gasteiger partial charge in [-0.3, -0.25) is 9.59 Å². The SMILES string of the molecule is CC(C)N1CCC(NC(=O)CC(C)(C(=O)O)C(C)C)CC1. The number of nitrogens with one attached hydrogen (secondary N) is 1. The van der Waals surface area contributed by atoms with Crippen LogP contribution in [0.15, 0.2) is 0 Å². The van der Waals surface area contributed by atoms with Gasteiger partial charge in [0.1, 0.15) is 0 Å². The Morgan fingerprint density at radius 2 is 1.76 bits per heavy atom. The molecule has 1 saturated heterocycles. The van der Waals surface area contributed by atoms with E-state index in [1.54, 1.807) is 6.92 Å². The van der Waals surface area contributed by atoms with Crippen molar-refractivity contribution in [1.82, 2.24) is 10.2 Å². The highest BCUT2D eigenvalue weighted by Crippen LogP contribution is 2.31. The lowest BCUT2D eigenvalue weighted by atomic mass is 9.76. The standard InChI is InChI=1S/C16H30N2O3/c1-11(2)16(5,15(20)21)10-14(19)17-13-6-8-18(9-7-13)12(3)4/h11-13H,6-10H2,1-5H3,(H,17,19)(H,20,21). The number of rotatable bonds is 6. The number of piperidine rings is 1. The van der Waals surface area contributed by atoms with Gasteiger partial charge in [-0.25, -0.2) is 0 Å². The minimum atomic E-state index is -0.997. The van der Waals surface area contributed by atoms with Gasteiger partial charge in [-0.15, -0.1) is 0 Å². The normalized spacial score (nSPS) is 20.5. The van der Waals surface area contributed by atoms with E-state index in [1.165, 1.54) is 0 Å². The van der Waals surface area contributed by atoms with E-state index in [1.807, 2.05) is 13.8 Å². The van der Waals surface area contributed by atoms with E-state index in [0.717, 1.165) is 25.9 Å². The molecule has 1 aliphatic rings. The summed E-state index contributed by atoms with van der Waals surface area (Å²) in [6.45, 7) is 11.7. The molecule has 1 amide bonds. The minimum Gasteiger partial charge on any atom is -0.481 e. The summed E-state index contributed by atoms with van der Waals surface area (Å²) >= 11 is 0. The van der Waals surface area contributed by atoms with Gasteiger partial charge >= 0.3 is 5.97 Å². The maximum Gasteiger partial charge on any atom is 0.310 e. The van der Waals surface area contributed by atoms with Crippen molar-refractivity contribution in [2.45, 2.75) is 66.0 Å². The molecule has 2 N–H and O–H groups in total. The van der Waals surface area contributed by atoms with E-state index in [9.17, 15) is 14.7 Å². The van der Waals surface area contributed by atoms with Crippen molar-refractivity contribution in [2.75, 3.05) is 13.1 Å². The van der Waals surface area contributed by atoms with Gasteiger partial charge in [0.2, 0.25) is 5.91 Å². The molecule has 5 nitrogen and oxygen atoms in total. The Kier molecular flexibility index (Phi) is 6.20. The molecule has 1 unspecified atom stereocenters. The van der Waals surface area contributed by atoms with Crippen LogP contribution < -0.4 is 5.32 Å².